The summed E-state index contributed by atoms with van der Waals surface area (Å²) < 4.78 is 4.94. The molecule has 1 aliphatic heterocycles. The Balaban J connectivity index is 0.00000338. The van der Waals surface area contributed by atoms with Crippen molar-refractivity contribution in [2.24, 2.45) is 10.9 Å². The molecule has 5 nitrogen and oxygen atoms in total. The number of guanidine groups is 1. The minimum Gasteiger partial charge on any atom is -0.466 e. The zero-order valence-corrected chi connectivity index (χ0v) is 18.3. The Morgan fingerprint density at radius 2 is 1.96 bits per heavy atom. The molecule has 1 fully saturated rings. The largest absolute Gasteiger partial charge is 0.466 e. The van der Waals surface area contributed by atoms with Crippen molar-refractivity contribution in [1.82, 2.24) is 10.2 Å². The van der Waals surface area contributed by atoms with Crippen molar-refractivity contribution in [1.29, 1.82) is 0 Å². The number of nitrogens with zero attached hydrogens (tertiary/aromatic N) is 2. The van der Waals surface area contributed by atoms with Gasteiger partial charge in [-0.3, -0.25) is 9.79 Å². The van der Waals surface area contributed by atoms with Crippen LogP contribution in [0.25, 0.3) is 0 Å². The second-order valence-corrected chi connectivity index (χ2v) is 6.50. The van der Waals surface area contributed by atoms with Crippen molar-refractivity contribution in [3.8, 4) is 0 Å². The number of rotatable bonds is 7. The van der Waals surface area contributed by atoms with E-state index >= 15 is 0 Å². The highest BCUT2D eigenvalue weighted by atomic mass is 127. The normalized spacial score (nSPS) is 15.3. The van der Waals surface area contributed by atoms with Gasteiger partial charge in [-0.05, 0) is 44.1 Å². The molecule has 0 aliphatic carbocycles. The van der Waals surface area contributed by atoms with E-state index in [-0.39, 0.29) is 29.9 Å². The second kappa shape index (κ2) is 12.9. The maximum Gasteiger partial charge on any atom is 0.305 e. The van der Waals surface area contributed by atoms with Gasteiger partial charge in [-0.25, -0.2) is 0 Å². The van der Waals surface area contributed by atoms with Gasteiger partial charge in [-0.15, -0.1) is 24.0 Å². The maximum atomic E-state index is 11.4. The van der Waals surface area contributed by atoms with Crippen LogP contribution >= 0.6 is 24.0 Å². The van der Waals surface area contributed by atoms with Crippen LogP contribution in [0.15, 0.2) is 35.3 Å². The van der Waals surface area contributed by atoms with Crippen LogP contribution < -0.4 is 5.32 Å². The van der Waals surface area contributed by atoms with Gasteiger partial charge in [0, 0.05) is 33.1 Å². The van der Waals surface area contributed by atoms with E-state index in [0.717, 1.165) is 37.9 Å². The van der Waals surface area contributed by atoms with Crippen LogP contribution in [0.2, 0.25) is 0 Å². The summed E-state index contributed by atoms with van der Waals surface area (Å²) in [5.74, 6) is 1.57. The number of ether oxygens (including phenoxy) is 1. The minimum absolute atomic E-state index is 0. The summed E-state index contributed by atoms with van der Waals surface area (Å²) in [7, 11) is 1.82. The van der Waals surface area contributed by atoms with Gasteiger partial charge in [-0.2, -0.15) is 0 Å². The molecule has 1 aromatic rings. The number of hydrogen-bond donors (Lipinski definition) is 1. The van der Waals surface area contributed by atoms with Gasteiger partial charge < -0.3 is 15.0 Å². The van der Waals surface area contributed by atoms with Gasteiger partial charge in [0.1, 0.15) is 0 Å². The first-order chi connectivity index (χ1) is 12.2. The van der Waals surface area contributed by atoms with Crippen LogP contribution in [-0.2, 0) is 16.0 Å². The number of carbonyl (C=O) groups is 1. The Labute approximate surface area is 174 Å². The Kier molecular flexibility index (Phi) is 11.3. The minimum atomic E-state index is -0.124. The molecule has 2 rings (SSSR count). The molecule has 1 heterocycles. The molecule has 0 spiro atoms. The van der Waals surface area contributed by atoms with E-state index in [4.69, 9.17) is 4.74 Å². The molecule has 0 amide bonds. The molecule has 0 saturated carbocycles. The third kappa shape index (κ3) is 7.93. The average molecular weight is 473 g/mol. The van der Waals surface area contributed by atoms with Gasteiger partial charge in [0.15, 0.2) is 5.96 Å². The van der Waals surface area contributed by atoms with Gasteiger partial charge in [0.25, 0.3) is 0 Å². The Hall–Kier alpha value is -1.31. The molecule has 26 heavy (non-hydrogen) atoms. The van der Waals surface area contributed by atoms with Gasteiger partial charge in [0.05, 0.1) is 6.61 Å². The lowest BCUT2D eigenvalue weighted by atomic mass is 9.90. The van der Waals surface area contributed by atoms with Crippen molar-refractivity contribution in [2.75, 3.05) is 33.3 Å². The molecule has 1 aromatic carbocycles. The van der Waals surface area contributed by atoms with Crippen LogP contribution in [0.3, 0.4) is 0 Å². The first-order valence-corrected chi connectivity index (χ1v) is 9.38. The summed E-state index contributed by atoms with van der Waals surface area (Å²) in [5, 5.41) is 3.37. The lowest BCUT2D eigenvalue weighted by Gasteiger charge is -2.34. The molecule has 1 N–H and O–H groups in total. The summed E-state index contributed by atoms with van der Waals surface area (Å²) in [4.78, 5) is 18.1. The molecule has 0 atom stereocenters. The summed E-state index contributed by atoms with van der Waals surface area (Å²) in [5.41, 5.74) is 1.43. The first kappa shape index (κ1) is 22.7. The highest BCUT2D eigenvalue weighted by Crippen LogP contribution is 2.21. The Morgan fingerprint density at radius 3 is 2.58 bits per heavy atom. The predicted molar refractivity (Wildman–Crippen MR) is 117 cm³/mol. The van der Waals surface area contributed by atoms with Crippen molar-refractivity contribution in [2.45, 2.75) is 39.0 Å². The first-order valence-electron chi connectivity index (χ1n) is 9.38. The molecular weight excluding hydrogens is 441 g/mol. The van der Waals surface area contributed by atoms with Gasteiger partial charge in [0.2, 0.25) is 0 Å². The third-order valence-corrected chi connectivity index (χ3v) is 4.64. The number of likely N-dealkylation sites (tertiary alicyclic amines) is 1. The van der Waals surface area contributed by atoms with Gasteiger partial charge >= 0.3 is 5.97 Å². The molecule has 0 radical (unpaired) electrons. The number of hydrogen-bond acceptors (Lipinski definition) is 3. The van der Waals surface area contributed by atoms with Crippen molar-refractivity contribution >= 4 is 35.9 Å². The number of benzene rings is 1. The molecule has 1 saturated heterocycles. The number of piperidine rings is 1. The lowest BCUT2D eigenvalue weighted by molar-refractivity contribution is -0.143. The number of aliphatic imine (C=N–C) groups is 1. The van der Waals surface area contributed by atoms with Crippen LogP contribution in [0, 0.1) is 5.92 Å². The van der Waals surface area contributed by atoms with E-state index in [1.54, 1.807) is 0 Å². The smallest absolute Gasteiger partial charge is 0.305 e. The van der Waals surface area contributed by atoms with E-state index in [1.807, 2.05) is 14.0 Å². The zero-order valence-electron chi connectivity index (χ0n) is 15.9. The maximum absolute atomic E-state index is 11.4. The van der Waals surface area contributed by atoms with Crippen molar-refractivity contribution < 1.29 is 9.53 Å². The highest BCUT2D eigenvalue weighted by Gasteiger charge is 2.21. The fourth-order valence-corrected chi connectivity index (χ4v) is 3.29. The number of esters is 1. The van der Waals surface area contributed by atoms with E-state index in [2.05, 4.69) is 45.5 Å². The zero-order chi connectivity index (χ0) is 17.9. The molecule has 146 valence electrons. The average Bonchev–Trinajstić information content (AvgIpc) is 2.64. The monoisotopic (exact) mass is 473 g/mol. The van der Waals surface area contributed by atoms with Crippen molar-refractivity contribution in [3.05, 3.63) is 35.9 Å². The van der Waals surface area contributed by atoms with E-state index < -0.39 is 0 Å². The molecular formula is C20H32IN3O2. The molecule has 0 unspecified atom stereocenters. The summed E-state index contributed by atoms with van der Waals surface area (Å²) in [6.07, 6.45) is 4.77. The third-order valence-electron chi connectivity index (χ3n) is 4.64. The fourth-order valence-electron chi connectivity index (χ4n) is 3.29. The van der Waals surface area contributed by atoms with E-state index in [9.17, 15) is 4.79 Å². The number of halogens is 1. The van der Waals surface area contributed by atoms with Crippen LogP contribution in [0.1, 0.15) is 38.2 Å². The SMILES string of the molecule is CCOC(=O)CCCNC(=NC)N1CCC(Cc2ccccc2)CC1.I. The standard InChI is InChI=1S/C20H31N3O2.HI/c1-3-25-19(24)10-7-13-22-20(21-2)23-14-11-18(12-15-23)16-17-8-5-4-6-9-17;/h4-6,8-9,18H,3,7,10-16H2,1-2H3,(H,21,22);1H. The molecule has 0 bridgehead atoms. The Bertz CT molecular complexity index is 543. The summed E-state index contributed by atoms with van der Waals surface area (Å²) in [6, 6.07) is 10.7. The quantitative estimate of drug-likeness (QED) is 0.217. The lowest BCUT2D eigenvalue weighted by Crippen LogP contribution is -2.46. The van der Waals surface area contributed by atoms with E-state index in [0.29, 0.717) is 13.0 Å². The van der Waals surface area contributed by atoms with Crippen LogP contribution in [0.4, 0.5) is 0 Å². The molecule has 1 aliphatic rings. The number of carbonyl (C=O) groups excluding carboxylic acids is 1. The summed E-state index contributed by atoms with van der Waals surface area (Å²) >= 11 is 0. The van der Waals surface area contributed by atoms with Crippen molar-refractivity contribution in [3.63, 3.8) is 0 Å². The number of nitrogens with one attached hydrogen (secondary N) is 1. The fraction of sp³-hybridized carbons (Fsp3) is 0.600. The molecule has 0 aromatic heterocycles. The topological polar surface area (TPSA) is 53.9 Å². The van der Waals surface area contributed by atoms with E-state index in [1.165, 1.54) is 24.8 Å². The second-order valence-electron chi connectivity index (χ2n) is 6.50. The van der Waals surface area contributed by atoms with Crippen LogP contribution in [-0.4, -0.2) is 50.1 Å². The van der Waals surface area contributed by atoms with Crippen LogP contribution in [0.5, 0.6) is 0 Å². The van der Waals surface area contributed by atoms with Gasteiger partial charge in [-0.1, -0.05) is 30.3 Å². The highest BCUT2D eigenvalue weighted by molar-refractivity contribution is 14.0. The predicted octanol–water partition coefficient (Wildman–Crippen LogP) is 3.48. The molecule has 6 heteroatoms. The Morgan fingerprint density at radius 1 is 1.27 bits per heavy atom. The summed E-state index contributed by atoms with van der Waals surface area (Å²) in [6.45, 7) is 5.10.